The predicted octanol–water partition coefficient (Wildman–Crippen LogP) is 2.41. The molecule has 0 aliphatic rings. The molecule has 0 saturated carbocycles. The molecule has 0 aromatic carbocycles. The van der Waals surface area contributed by atoms with Gasteiger partial charge in [-0.15, -0.1) is 0 Å². The van der Waals surface area contributed by atoms with Crippen LogP contribution in [0, 0.1) is 11.3 Å². The van der Waals surface area contributed by atoms with E-state index >= 15 is 0 Å². The Morgan fingerprint density at radius 3 is 2.31 bits per heavy atom. The lowest BCUT2D eigenvalue weighted by Gasteiger charge is -2.24. The summed E-state index contributed by atoms with van der Waals surface area (Å²) in [4.78, 5) is 5.24. The van der Waals surface area contributed by atoms with E-state index in [1.807, 2.05) is 0 Å². The molecule has 0 aliphatic carbocycles. The number of pyridine rings is 1. The van der Waals surface area contributed by atoms with E-state index in [9.17, 15) is 26.9 Å². The Balaban J connectivity index is 2.75. The molecule has 2 rings (SSSR count). The number of nitriles is 1. The van der Waals surface area contributed by atoms with Crippen LogP contribution in [0.15, 0.2) is 23.4 Å². The smallest absolute Gasteiger partial charge is 0.356 e. The maximum Gasteiger partial charge on any atom is 0.436 e. The third kappa shape index (κ3) is 3.65. The van der Waals surface area contributed by atoms with E-state index in [0.717, 1.165) is 17.1 Å². The van der Waals surface area contributed by atoms with E-state index in [-0.39, 0.29) is 22.6 Å². The highest BCUT2D eigenvalue weighted by Crippen LogP contribution is 2.37. The first-order valence-electron chi connectivity index (χ1n) is 7.37. The van der Waals surface area contributed by atoms with Crippen LogP contribution in [0.25, 0.3) is 5.69 Å². The minimum Gasteiger partial charge on any atom is -0.356 e. The van der Waals surface area contributed by atoms with Crippen LogP contribution in [0.5, 0.6) is 0 Å². The molecule has 11 heteroatoms. The normalized spacial score (nSPS) is 12.3. The summed E-state index contributed by atoms with van der Waals surface area (Å²) in [6.45, 7) is 3.49. The molecule has 0 N–H and O–H groups in total. The molecule has 0 saturated heterocycles. The van der Waals surface area contributed by atoms with Crippen molar-refractivity contribution in [3.05, 3.63) is 29.6 Å². The molecule has 2 aromatic rings. The summed E-state index contributed by atoms with van der Waals surface area (Å²) in [5, 5.41) is 12.6. The van der Waals surface area contributed by atoms with Crippen molar-refractivity contribution < 1.29 is 21.6 Å². The van der Waals surface area contributed by atoms with Crippen molar-refractivity contribution in [2.75, 3.05) is 18.2 Å². The molecule has 7 nitrogen and oxygen atoms in total. The number of rotatable bonds is 4. The fraction of sp³-hybridized carbons (Fsp3) is 0.400. The van der Waals surface area contributed by atoms with Crippen molar-refractivity contribution in [2.45, 2.75) is 31.1 Å². The average molecular weight is 387 g/mol. The Bertz CT molecular complexity index is 957. The second-order valence-electron chi connectivity index (χ2n) is 5.90. The molecular formula is C15H16F3N5O2S. The molecule has 0 radical (unpaired) electrons. The third-order valence-corrected chi connectivity index (χ3v) is 4.70. The minimum absolute atomic E-state index is 0.0521. The number of hydrogen-bond acceptors (Lipinski definition) is 6. The van der Waals surface area contributed by atoms with E-state index in [1.165, 1.54) is 24.1 Å². The highest BCUT2D eigenvalue weighted by atomic mass is 32.2. The molecule has 2 aromatic heterocycles. The van der Waals surface area contributed by atoms with Crippen LogP contribution in [0.2, 0.25) is 0 Å². The van der Waals surface area contributed by atoms with Gasteiger partial charge in [0.25, 0.3) is 0 Å². The highest BCUT2D eigenvalue weighted by molar-refractivity contribution is 7.90. The standard InChI is InChI=1S/C15H16F3N5O2S/c1-9(2)22(3)14-11(7-19)13(15(16,17)18)21-23(14)10-5-6-12(20-8-10)26(4,24)25/h5-6,8-9H,1-4H3. The first kappa shape index (κ1) is 19.7. The molecule has 0 fully saturated rings. The first-order valence-corrected chi connectivity index (χ1v) is 9.26. The third-order valence-electron chi connectivity index (χ3n) is 3.70. The van der Waals surface area contributed by atoms with E-state index in [1.54, 1.807) is 19.9 Å². The molecular weight excluding hydrogens is 371 g/mol. The topological polar surface area (TPSA) is 91.9 Å². The van der Waals surface area contributed by atoms with Gasteiger partial charge in [0.2, 0.25) is 0 Å². The highest BCUT2D eigenvalue weighted by Gasteiger charge is 2.40. The lowest BCUT2D eigenvalue weighted by atomic mass is 10.2. The van der Waals surface area contributed by atoms with Crippen molar-refractivity contribution in [1.82, 2.24) is 14.8 Å². The summed E-state index contributed by atoms with van der Waals surface area (Å²) in [5.41, 5.74) is -1.82. The zero-order chi connectivity index (χ0) is 19.9. The summed E-state index contributed by atoms with van der Waals surface area (Å²) < 4.78 is 63.8. The van der Waals surface area contributed by atoms with Gasteiger partial charge in [-0.25, -0.2) is 18.1 Å². The van der Waals surface area contributed by atoms with Gasteiger partial charge in [0, 0.05) is 19.3 Å². The van der Waals surface area contributed by atoms with Crippen molar-refractivity contribution >= 4 is 15.7 Å². The summed E-state index contributed by atoms with van der Waals surface area (Å²) >= 11 is 0. The lowest BCUT2D eigenvalue weighted by molar-refractivity contribution is -0.141. The van der Waals surface area contributed by atoms with E-state index in [2.05, 4.69) is 10.1 Å². The molecule has 0 unspecified atom stereocenters. The Morgan fingerprint density at radius 2 is 1.92 bits per heavy atom. The van der Waals surface area contributed by atoms with E-state index < -0.39 is 27.3 Å². The van der Waals surface area contributed by atoms with Crippen LogP contribution in [-0.2, 0) is 16.0 Å². The quantitative estimate of drug-likeness (QED) is 0.800. The second-order valence-corrected chi connectivity index (χ2v) is 7.86. The second kappa shape index (κ2) is 6.60. The lowest BCUT2D eigenvalue weighted by Crippen LogP contribution is -2.28. The number of aromatic nitrogens is 3. The summed E-state index contributed by atoms with van der Waals surface area (Å²) in [7, 11) is -2.02. The van der Waals surface area contributed by atoms with Gasteiger partial charge in [0.05, 0.1) is 11.9 Å². The average Bonchev–Trinajstić information content (AvgIpc) is 2.92. The van der Waals surface area contributed by atoms with Gasteiger partial charge in [-0.3, -0.25) is 0 Å². The summed E-state index contributed by atoms with van der Waals surface area (Å²) in [6, 6.07) is 3.81. The largest absolute Gasteiger partial charge is 0.436 e. The summed E-state index contributed by atoms with van der Waals surface area (Å²) in [5.74, 6) is -0.0521. The van der Waals surface area contributed by atoms with Crippen molar-refractivity contribution in [3.8, 4) is 11.8 Å². The van der Waals surface area contributed by atoms with Crippen LogP contribution in [0.1, 0.15) is 25.1 Å². The zero-order valence-corrected chi connectivity index (χ0v) is 15.2. The number of anilines is 1. The molecule has 0 atom stereocenters. The predicted molar refractivity (Wildman–Crippen MR) is 87.7 cm³/mol. The molecule has 140 valence electrons. The SMILES string of the molecule is CC(C)N(C)c1c(C#N)c(C(F)(F)F)nn1-c1ccc(S(C)(=O)=O)nc1. The number of nitrogens with zero attached hydrogens (tertiary/aromatic N) is 5. The number of halogens is 3. The fourth-order valence-corrected chi connectivity index (χ4v) is 2.74. The Morgan fingerprint density at radius 1 is 1.31 bits per heavy atom. The Hall–Kier alpha value is -2.61. The van der Waals surface area contributed by atoms with Crippen LogP contribution in [-0.4, -0.2) is 42.5 Å². The van der Waals surface area contributed by atoms with Crippen LogP contribution in [0.3, 0.4) is 0 Å². The van der Waals surface area contributed by atoms with Crippen molar-refractivity contribution in [1.29, 1.82) is 5.26 Å². The van der Waals surface area contributed by atoms with Crippen LogP contribution < -0.4 is 4.90 Å². The van der Waals surface area contributed by atoms with Gasteiger partial charge in [-0.1, -0.05) is 0 Å². The maximum atomic E-state index is 13.3. The monoisotopic (exact) mass is 387 g/mol. The molecule has 26 heavy (non-hydrogen) atoms. The fourth-order valence-electron chi connectivity index (χ4n) is 2.18. The number of sulfone groups is 1. The molecule has 0 aliphatic heterocycles. The van der Waals surface area contributed by atoms with Gasteiger partial charge in [-0.2, -0.15) is 23.5 Å². The Kier molecular flexibility index (Phi) is 5.01. The van der Waals surface area contributed by atoms with Gasteiger partial charge in [0.15, 0.2) is 26.4 Å². The molecule has 0 spiro atoms. The van der Waals surface area contributed by atoms with Gasteiger partial charge < -0.3 is 4.90 Å². The van der Waals surface area contributed by atoms with Crippen molar-refractivity contribution in [2.24, 2.45) is 0 Å². The Labute approximate surface area is 148 Å². The van der Waals surface area contributed by atoms with Crippen molar-refractivity contribution in [3.63, 3.8) is 0 Å². The van der Waals surface area contributed by atoms with Gasteiger partial charge in [-0.05, 0) is 26.0 Å². The van der Waals surface area contributed by atoms with Gasteiger partial charge in [0.1, 0.15) is 11.6 Å². The van der Waals surface area contributed by atoms with Crippen LogP contribution in [0.4, 0.5) is 19.0 Å². The number of alkyl halides is 3. The number of hydrogen-bond donors (Lipinski definition) is 0. The first-order chi connectivity index (χ1) is 11.9. The minimum atomic E-state index is -4.82. The molecule has 0 bridgehead atoms. The van der Waals surface area contributed by atoms with E-state index in [4.69, 9.17) is 0 Å². The molecule has 0 amide bonds. The van der Waals surface area contributed by atoms with E-state index in [0.29, 0.717) is 0 Å². The zero-order valence-electron chi connectivity index (χ0n) is 14.4. The molecule has 2 heterocycles. The van der Waals surface area contributed by atoms with Crippen LogP contribution >= 0.6 is 0 Å². The summed E-state index contributed by atoms with van der Waals surface area (Å²) in [6.07, 6.45) is -2.75. The maximum absolute atomic E-state index is 13.3. The van der Waals surface area contributed by atoms with Gasteiger partial charge >= 0.3 is 6.18 Å².